The van der Waals surface area contributed by atoms with Gasteiger partial charge in [-0.2, -0.15) is 4.98 Å². The molecule has 1 aliphatic rings. The molecule has 2 N–H and O–H groups in total. The van der Waals surface area contributed by atoms with E-state index >= 15 is 0 Å². The van der Waals surface area contributed by atoms with Crippen LogP contribution in [0.15, 0.2) is 24.4 Å². The fourth-order valence-corrected chi connectivity index (χ4v) is 3.32. The molecule has 0 unspecified atom stereocenters. The Bertz CT molecular complexity index is 820. The third kappa shape index (κ3) is 4.80. The summed E-state index contributed by atoms with van der Waals surface area (Å²) in [5, 5.41) is 6.08. The molecule has 7 nitrogen and oxygen atoms in total. The van der Waals surface area contributed by atoms with Crippen LogP contribution >= 0.6 is 11.6 Å². The van der Waals surface area contributed by atoms with Crippen molar-refractivity contribution in [3.63, 3.8) is 0 Å². The van der Waals surface area contributed by atoms with Crippen molar-refractivity contribution in [2.24, 2.45) is 0 Å². The molecule has 144 valence electrons. The fraction of sp³-hybridized carbons (Fsp3) is 0.421. The molecule has 1 aromatic heterocycles. The molecule has 1 fully saturated rings. The van der Waals surface area contributed by atoms with E-state index in [4.69, 9.17) is 11.6 Å². The van der Waals surface area contributed by atoms with E-state index in [1.54, 1.807) is 18.3 Å². The number of amides is 2. The fourth-order valence-electron chi connectivity index (χ4n) is 3.04. The number of rotatable bonds is 4. The van der Waals surface area contributed by atoms with Crippen molar-refractivity contribution in [3.05, 3.63) is 35.0 Å². The van der Waals surface area contributed by atoms with Crippen molar-refractivity contribution in [2.45, 2.75) is 26.2 Å². The lowest BCUT2D eigenvalue weighted by atomic mass is 10.1. The number of halogens is 1. The van der Waals surface area contributed by atoms with E-state index in [0.717, 1.165) is 31.5 Å². The van der Waals surface area contributed by atoms with E-state index in [0.29, 0.717) is 28.2 Å². The topological polar surface area (TPSA) is 73.4 Å². The lowest BCUT2D eigenvalue weighted by Gasteiger charge is -2.28. The van der Waals surface area contributed by atoms with E-state index < -0.39 is 6.03 Å². The molecule has 0 saturated carbocycles. The Morgan fingerprint density at radius 1 is 1.15 bits per heavy atom. The van der Waals surface area contributed by atoms with Gasteiger partial charge in [0, 0.05) is 27.2 Å². The van der Waals surface area contributed by atoms with Gasteiger partial charge >= 0.3 is 6.03 Å². The average Bonchev–Trinajstić information content (AvgIpc) is 2.65. The first kappa shape index (κ1) is 19.2. The number of anilines is 4. The second-order valence-electron chi connectivity index (χ2n) is 6.91. The molecule has 0 aliphatic carbocycles. The first-order valence-electron chi connectivity index (χ1n) is 9.07. The first-order valence-corrected chi connectivity index (χ1v) is 9.45. The minimum Gasteiger partial charge on any atom is -0.361 e. The number of aryl methyl sites for hydroxylation is 1. The molecule has 1 aromatic carbocycles. The highest BCUT2D eigenvalue weighted by molar-refractivity contribution is 6.33. The Balaban J connectivity index is 1.75. The Labute approximate surface area is 164 Å². The molecule has 2 heterocycles. The Morgan fingerprint density at radius 2 is 1.85 bits per heavy atom. The van der Waals surface area contributed by atoms with Crippen molar-refractivity contribution >= 4 is 40.8 Å². The van der Waals surface area contributed by atoms with Gasteiger partial charge in [-0.25, -0.2) is 9.78 Å². The number of nitrogens with one attached hydrogen (secondary N) is 2. The third-order valence-corrected chi connectivity index (χ3v) is 4.75. The third-order valence-electron chi connectivity index (χ3n) is 4.44. The molecule has 0 atom stereocenters. The SMILES string of the molecule is Cc1ccc(NC(=O)Nc2cnc(N3CCCCC3)nc2N(C)C)c(Cl)c1. The quantitative estimate of drug-likeness (QED) is 0.823. The number of carbonyl (C=O) groups is 1. The van der Waals surface area contributed by atoms with Crippen molar-refractivity contribution in [2.75, 3.05) is 47.6 Å². The lowest BCUT2D eigenvalue weighted by molar-refractivity contribution is 0.262. The van der Waals surface area contributed by atoms with Gasteiger partial charge < -0.3 is 20.4 Å². The maximum Gasteiger partial charge on any atom is 0.323 e. The molecule has 1 aliphatic heterocycles. The van der Waals surface area contributed by atoms with Crippen LogP contribution in [0.4, 0.5) is 27.9 Å². The normalized spacial score (nSPS) is 14.0. The van der Waals surface area contributed by atoms with Gasteiger partial charge in [-0.15, -0.1) is 0 Å². The highest BCUT2D eigenvalue weighted by Crippen LogP contribution is 2.26. The van der Waals surface area contributed by atoms with Crippen molar-refractivity contribution in [1.29, 1.82) is 0 Å². The molecule has 27 heavy (non-hydrogen) atoms. The van der Waals surface area contributed by atoms with E-state index in [1.165, 1.54) is 6.42 Å². The summed E-state index contributed by atoms with van der Waals surface area (Å²) in [6.07, 6.45) is 5.21. The number of carbonyl (C=O) groups excluding carboxylic acids is 1. The monoisotopic (exact) mass is 388 g/mol. The van der Waals surface area contributed by atoms with E-state index in [2.05, 4.69) is 25.5 Å². The van der Waals surface area contributed by atoms with Gasteiger partial charge in [0.2, 0.25) is 5.95 Å². The summed E-state index contributed by atoms with van der Waals surface area (Å²) in [6.45, 7) is 3.87. The van der Waals surface area contributed by atoms with Crippen molar-refractivity contribution in [1.82, 2.24) is 9.97 Å². The zero-order valence-electron chi connectivity index (χ0n) is 15.9. The Hall–Kier alpha value is -2.54. The van der Waals surface area contributed by atoms with Gasteiger partial charge in [0.15, 0.2) is 5.82 Å². The number of hydrogen-bond donors (Lipinski definition) is 2. The summed E-state index contributed by atoms with van der Waals surface area (Å²) < 4.78 is 0. The second kappa shape index (κ2) is 8.43. The summed E-state index contributed by atoms with van der Waals surface area (Å²) in [5.41, 5.74) is 2.13. The molecule has 1 saturated heterocycles. The maximum atomic E-state index is 12.4. The molecule has 8 heteroatoms. The van der Waals surface area contributed by atoms with Crippen LogP contribution < -0.4 is 20.4 Å². The number of aromatic nitrogens is 2. The summed E-state index contributed by atoms with van der Waals surface area (Å²) in [5.74, 6) is 1.36. The van der Waals surface area contributed by atoms with Gasteiger partial charge in [0.25, 0.3) is 0 Å². The minimum atomic E-state index is -0.391. The minimum absolute atomic E-state index is 0.391. The van der Waals surface area contributed by atoms with Crippen LogP contribution in [0.25, 0.3) is 0 Å². The number of hydrogen-bond acceptors (Lipinski definition) is 5. The zero-order valence-corrected chi connectivity index (χ0v) is 16.7. The van der Waals surface area contributed by atoms with E-state index in [1.807, 2.05) is 32.0 Å². The van der Waals surface area contributed by atoms with Gasteiger partial charge in [0.05, 0.1) is 16.9 Å². The van der Waals surface area contributed by atoms with Crippen LogP contribution in [-0.4, -0.2) is 43.2 Å². The van der Waals surface area contributed by atoms with Crippen LogP contribution in [0.5, 0.6) is 0 Å². The first-order chi connectivity index (χ1) is 12.9. The zero-order chi connectivity index (χ0) is 19.4. The molecule has 2 amide bonds. The highest BCUT2D eigenvalue weighted by Gasteiger charge is 2.18. The standard InChI is InChI=1S/C19H25ClN6O/c1-13-7-8-15(14(20)11-13)22-19(27)23-16-12-21-18(24-17(16)25(2)3)26-9-5-4-6-10-26/h7-8,11-12H,4-6,9-10H2,1-3H3,(H2,22,23,27). The van der Waals surface area contributed by atoms with Crippen LogP contribution in [0.2, 0.25) is 5.02 Å². The van der Waals surface area contributed by atoms with Crippen LogP contribution in [0.1, 0.15) is 24.8 Å². The van der Waals surface area contributed by atoms with Crippen LogP contribution in [0, 0.1) is 6.92 Å². The van der Waals surface area contributed by atoms with Crippen molar-refractivity contribution < 1.29 is 4.79 Å². The van der Waals surface area contributed by atoms with Crippen molar-refractivity contribution in [3.8, 4) is 0 Å². The van der Waals surface area contributed by atoms with E-state index in [-0.39, 0.29) is 0 Å². The smallest absolute Gasteiger partial charge is 0.323 e. The summed E-state index contributed by atoms with van der Waals surface area (Å²) >= 11 is 6.18. The van der Waals surface area contributed by atoms with Crippen LogP contribution in [-0.2, 0) is 0 Å². The largest absolute Gasteiger partial charge is 0.361 e. The maximum absolute atomic E-state index is 12.4. The Morgan fingerprint density at radius 3 is 2.52 bits per heavy atom. The molecular formula is C19H25ClN6O. The summed E-state index contributed by atoms with van der Waals surface area (Å²) in [4.78, 5) is 25.6. The predicted octanol–water partition coefficient (Wildman–Crippen LogP) is 4.14. The molecule has 0 spiro atoms. The molecule has 3 rings (SSSR count). The van der Waals surface area contributed by atoms with Gasteiger partial charge in [-0.05, 0) is 43.9 Å². The van der Waals surface area contributed by atoms with Gasteiger partial charge in [-0.3, -0.25) is 0 Å². The summed E-state index contributed by atoms with van der Waals surface area (Å²) in [7, 11) is 3.78. The summed E-state index contributed by atoms with van der Waals surface area (Å²) in [6, 6.07) is 5.08. The molecule has 0 radical (unpaired) electrons. The average molecular weight is 389 g/mol. The number of nitrogens with zero attached hydrogens (tertiary/aromatic N) is 4. The lowest BCUT2D eigenvalue weighted by Crippen LogP contribution is -2.31. The number of benzene rings is 1. The molecule has 0 bridgehead atoms. The molecule has 2 aromatic rings. The van der Waals surface area contributed by atoms with Gasteiger partial charge in [0.1, 0.15) is 5.69 Å². The number of urea groups is 1. The predicted molar refractivity (Wildman–Crippen MR) is 111 cm³/mol. The van der Waals surface area contributed by atoms with Gasteiger partial charge in [-0.1, -0.05) is 17.7 Å². The second-order valence-corrected chi connectivity index (χ2v) is 7.32. The van der Waals surface area contributed by atoms with Crippen LogP contribution in [0.3, 0.4) is 0 Å². The Kier molecular flexibility index (Phi) is 6.01. The van der Waals surface area contributed by atoms with E-state index in [9.17, 15) is 4.79 Å². The molecular weight excluding hydrogens is 364 g/mol. The number of piperidine rings is 1. The highest BCUT2D eigenvalue weighted by atomic mass is 35.5.